The second kappa shape index (κ2) is 6.39. The Morgan fingerprint density at radius 2 is 2.17 bits per heavy atom. The summed E-state index contributed by atoms with van der Waals surface area (Å²) in [7, 11) is 0. The minimum Gasteiger partial charge on any atom is -0.508 e. The first-order valence-electron chi connectivity index (χ1n) is 7.35. The maximum Gasteiger partial charge on any atom is 0.325 e. The van der Waals surface area contributed by atoms with Crippen molar-refractivity contribution in [2.24, 2.45) is 0 Å². The molecule has 0 aliphatic carbocycles. The van der Waals surface area contributed by atoms with Crippen LogP contribution in [0.25, 0.3) is 16.9 Å². The summed E-state index contributed by atoms with van der Waals surface area (Å²) in [5, 5.41) is 12.8. The van der Waals surface area contributed by atoms with Gasteiger partial charge in [0.2, 0.25) is 0 Å². The number of hydrogen-bond donors (Lipinski definition) is 2. The van der Waals surface area contributed by atoms with Crippen molar-refractivity contribution < 1.29 is 14.6 Å². The second-order valence-electron chi connectivity index (χ2n) is 4.95. The van der Waals surface area contributed by atoms with E-state index < -0.39 is 0 Å². The van der Waals surface area contributed by atoms with Crippen LogP contribution in [-0.2, 0) is 9.53 Å². The largest absolute Gasteiger partial charge is 0.508 e. The highest BCUT2D eigenvalue weighted by Crippen LogP contribution is 2.30. The summed E-state index contributed by atoms with van der Waals surface area (Å²) < 4.78 is 6.81. The zero-order chi connectivity index (χ0) is 16.2. The van der Waals surface area contributed by atoms with Gasteiger partial charge in [0.05, 0.1) is 6.61 Å². The Kier molecular flexibility index (Phi) is 4.14. The van der Waals surface area contributed by atoms with Gasteiger partial charge in [-0.25, -0.2) is 4.98 Å². The van der Waals surface area contributed by atoms with E-state index in [-0.39, 0.29) is 18.3 Å². The smallest absolute Gasteiger partial charge is 0.325 e. The molecular weight excluding hydrogens is 294 g/mol. The predicted octanol–water partition coefficient (Wildman–Crippen LogP) is 2.68. The number of imidazole rings is 1. The molecule has 6 heteroatoms. The molecule has 0 amide bonds. The third kappa shape index (κ3) is 3.11. The van der Waals surface area contributed by atoms with E-state index >= 15 is 0 Å². The molecule has 2 heterocycles. The molecule has 0 bridgehead atoms. The van der Waals surface area contributed by atoms with E-state index in [1.54, 1.807) is 25.1 Å². The number of carbonyl (C=O) groups excluding carboxylic acids is 1. The third-order valence-electron chi connectivity index (χ3n) is 3.36. The van der Waals surface area contributed by atoms with Crippen LogP contribution in [0.15, 0.2) is 48.7 Å². The number of anilines is 1. The van der Waals surface area contributed by atoms with Crippen molar-refractivity contribution >= 4 is 17.4 Å². The van der Waals surface area contributed by atoms with Crippen molar-refractivity contribution in [1.29, 1.82) is 0 Å². The van der Waals surface area contributed by atoms with Crippen LogP contribution in [0.2, 0.25) is 0 Å². The quantitative estimate of drug-likeness (QED) is 0.709. The van der Waals surface area contributed by atoms with Gasteiger partial charge in [0, 0.05) is 11.8 Å². The summed E-state index contributed by atoms with van der Waals surface area (Å²) in [4.78, 5) is 16.2. The zero-order valence-electron chi connectivity index (χ0n) is 12.7. The standard InChI is InChI=1S/C17H17N3O3/c1-2-23-15(22)11-18-17-16(12-6-5-7-13(21)10-12)19-14-8-3-4-9-20(14)17/h3-10,18,21H,2,11H2,1H3. The topological polar surface area (TPSA) is 75.9 Å². The van der Waals surface area contributed by atoms with Crippen molar-refractivity contribution in [3.05, 3.63) is 48.7 Å². The van der Waals surface area contributed by atoms with Crippen molar-refractivity contribution in [3.8, 4) is 17.0 Å². The number of ether oxygens (including phenoxy) is 1. The summed E-state index contributed by atoms with van der Waals surface area (Å²) in [5.41, 5.74) is 2.17. The zero-order valence-corrected chi connectivity index (χ0v) is 12.7. The Bertz CT molecular complexity index is 842. The van der Waals surface area contributed by atoms with E-state index in [4.69, 9.17) is 4.74 Å². The molecule has 3 rings (SSSR count). The van der Waals surface area contributed by atoms with Gasteiger partial charge < -0.3 is 15.2 Å². The molecule has 0 aliphatic heterocycles. The molecule has 0 atom stereocenters. The first-order chi connectivity index (χ1) is 11.2. The number of esters is 1. The van der Waals surface area contributed by atoms with Gasteiger partial charge in [-0.15, -0.1) is 0 Å². The average molecular weight is 311 g/mol. The molecule has 0 radical (unpaired) electrons. The Morgan fingerprint density at radius 1 is 1.30 bits per heavy atom. The number of pyridine rings is 1. The molecule has 2 N–H and O–H groups in total. The van der Waals surface area contributed by atoms with Gasteiger partial charge in [0.1, 0.15) is 29.5 Å². The van der Waals surface area contributed by atoms with Gasteiger partial charge in [0.15, 0.2) is 0 Å². The lowest BCUT2D eigenvalue weighted by atomic mass is 10.1. The van der Waals surface area contributed by atoms with Crippen LogP contribution in [0.4, 0.5) is 5.82 Å². The van der Waals surface area contributed by atoms with E-state index in [9.17, 15) is 9.90 Å². The normalized spacial score (nSPS) is 10.7. The van der Waals surface area contributed by atoms with E-state index in [1.165, 1.54) is 0 Å². The lowest BCUT2D eigenvalue weighted by molar-refractivity contribution is -0.140. The number of carbonyl (C=O) groups is 1. The molecule has 3 aromatic rings. The molecule has 0 saturated carbocycles. The second-order valence-corrected chi connectivity index (χ2v) is 4.95. The highest BCUT2D eigenvalue weighted by molar-refractivity contribution is 5.81. The van der Waals surface area contributed by atoms with E-state index in [1.807, 2.05) is 34.9 Å². The van der Waals surface area contributed by atoms with Crippen molar-refractivity contribution in [1.82, 2.24) is 9.38 Å². The molecule has 0 unspecified atom stereocenters. The average Bonchev–Trinajstić information content (AvgIpc) is 2.92. The van der Waals surface area contributed by atoms with Crippen LogP contribution in [0.5, 0.6) is 5.75 Å². The third-order valence-corrected chi connectivity index (χ3v) is 3.36. The Hall–Kier alpha value is -3.02. The number of aromatic nitrogens is 2. The molecule has 0 saturated heterocycles. The predicted molar refractivity (Wildman–Crippen MR) is 87.4 cm³/mol. The minimum atomic E-state index is -0.333. The lowest BCUT2D eigenvalue weighted by Crippen LogP contribution is -2.17. The first kappa shape index (κ1) is 14.9. The van der Waals surface area contributed by atoms with Gasteiger partial charge in [0.25, 0.3) is 0 Å². The van der Waals surface area contributed by atoms with Crippen LogP contribution in [0.1, 0.15) is 6.92 Å². The molecule has 0 fully saturated rings. The van der Waals surface area contributed by atoms with E-state index in [2.05, 4.69) is 10.3 Å². The fraction of sp³-hybridized carbons (Fsp3) is 0.176. The SMILES string of the molecule is CCOC(=O)CNc1c(-c2cccc(O)c2)nc2ccccn12. The number of hydrogen-bond acceptors (Lipinski definition) is 5. The number of aromatic hydroxyl groups is 1. The fourth-order valence-electron chi connectivity index (χ4n) is 2.39. The van der Waals surface area contributed by atoms with Gasteiger partial charge in [-0.1, -0.05) is 18.2 Å². The Labute approximate surface area is 133 Å². The number of rotatable bonds is 5. The minimum absolute atomic E-state index is 0.0440. The number of nitrogens with one attached hydrogen (secondary N) is 1. The van der Waals surface area contributed by atoms with Crippen LogP contribution in [0.3, 0.4) is 0 Å². The van der Waals surface area contributed by atoms with Gasteiger partial charge in [-0.2, -0.15) is 0 Å². The first-order valence-corrected chi connectivity index (χ1v) is 7.35. The molecule has 1 aromatic carbocycles. The van der Waals surface area contributed by atoms with Crippen molar-refractivity contribution in [2.75, 3.05) is 18.5 Å². The molecule has 0 spiro atoms. The summed E-state index contributed by atoms with van der Waals surface area (Å²) in [6.07, 6.45) is 1.86. The number of phenolic OH excluding ortho intramolecular Hbond substituents is 1. The number of benzene rings is 1. The van der Waals surface area contributed by atoms with Crippen LogP contribution >= 0.6 is 0 Å². The molecule has 0 aliphatic rings. The maximum atomic E-state index is 11.6. The highest BCUT2D eigenvalue weighted by Gasteiger charge is 2.15. The molecule has 2 aromatic heterocycles. The monoisotopic (exact) mass is 311 g/mol. The van der Waals surface area contributed by atoms with E-state index in [0.717, 1.165) is 11.2 Å². The summed E-state index contributed by atoms with van der Waals surface area (Å²) in [6, 6.07) is 12.5. The summed E-state index contributed by atoms with van der Waals surface area (Å²) in [5.74, 6) is 0.510. The summed E-state index contributed by atoms with van der Waals surface area (Å²) >= 11 is 0. The van der Waals surface area contributed by atoms with Crippen LogP contribution in [0, 0.1) is 0 Å². The molecule has 23 heavy (non-hydrogen) atoms. The van der Waals surface area contributed by atoms with Gasteiger partial charge in [-0.3, -0.25) is 9.20 Å². The molecule has 118 valence electrons. The summed E-state index contributed by atoms with van der Waals surface area (Å²) in [6.45, 7) is 2.15. The Morgan fingerprint density at radius 3 is 2.96 bits per heavy atom. The highest BCUT2D eigenvalue weighted by atomic mass is 16.5. The molecular formula is C17H17N3O3. The molecule has 6 nitrogen and oxygen atoms in total. The number of nitrogens with zero attached hydrogens (tertiary/aromatic N) is 2. The number of phenols is 1. The lowest BCUT2D eigenvalue weighted by Gasteiger charge is -2.08. The maximum absolute atomic E-state index is 11.6. The van der Waals surface area contributed by atoms with Crippen molar-refractivity contribution in [2.45, 2.75) is 6.92 Å². The van der Waals surface area contributed by atoms with Gasteiger partial charge in [-0.05, 0) is 31.2 Å². The van der Waals surface area contributed by atoms with Crippen molar-refractivity contribution in [3.63, 3.8) is 0 Å². The van der Waals surface area contributed by atoms with E-state index in [0.29, 0.717) is 18.1 Å². The Balaban J connectivity index is 2.03. The van der Waals surface area contributed by atoms with Crippen LogP contribution in [-0.4, -0.2) is 33.6 Å². The number of fused-ring (bicyclic) bond motifs is 1. The van der Waals surface area contributed by atoms with Gasteiger partial charge >= 0.3 is 5.97 Å². The van der Waals surface area contributed by atoms with Crippen LogP contribution < -0.4 is 5.32 Å². The fourth-order valence-corrected chi connectivity index (χ4v) is 2.39.